The van der Waals surface area contributed by atoms with Crippen LogP contribution in [0.4, 0.5) is 0 Å². The maximum Gasteiger partial charge on any atom is 0.230 e. The number of aryl methyl sites for hydroxylation is 1. The summed E-state index contributed by atoms with van der Waals surface area (Å²) in [6, 6.07) is 19.2. The van der Waals surface area contributed by atoms with Crippen molar-refractivity contribution >= 4 is 29.3 Å². The third-order valence-corrected chi connectivity index (χ3v) is 6.17. The highest BCUT2D eigenvalue weighted by Gasteiger charge is 2.19. The fourth-order valence-electron chi connectivity index (χ4n) is 3.32. The van der Waals surface area contributed by atoms with Gasteiger partial charge >= 0.3 is 0 Å². The number of para-hydroxylation sites is 1. The van der Waals surface area contributed by atoms with Gasteiger partial charge in [-0.15, -0.1) is 10.2 Å². The van der Waals surface area contributed by atoms with Crippen molar-refractivity contribution in [3.63, 3.8) is 0 Å². The lowest BCUT2D eigenvalue weighted by Crippen LogP contribution is -2.28. The zero-order chi connectivity index (χ0) is 22.5. The highest BCUT2D eigenvalue weighted by atomic mass is 35.5. The Morgan fingerprint density at radius 3 is 2.59 bits per heavy atom. The summed E-state index contributed by atoms with van der Waals surface area (Å²) < 4.78 is 1.98. The smallest absolute Gasteiger partial charge is 0.230 e. The quantitative estimate of drug-likeness (QED) is 0.378. The Labute approximate surface area is 196 Å². The number of aromatic nitrogens is 4. The molecule has 4 aromatic rings. The Balaban J connectivity index is 1.55. The van der Waals surface area contributed by atoms with Gasteiger partial charge in [-0.2, -0.15) is 0 Å². The van der Waals surface area contributed by atoms with Crippen LogP contribution in [0.3, 0.4) is 0 Å². The number of pyridine rings is 1. The van der Waals surface area contributed by atoms with E-state index in [0.717, 1.165) is 22.4 Å². The summed E-state index contributed by atoms with van der Waals surface area (Å²) >= 11 is 7.30. The molecule has 0 aliphatic rings. The summed E-state index contributed by atoms with van der Waals surface area (Å²) in [6.45, 7) is 3.99. The Kier molecular flexibility index (Phi) is 6.87. The van der Waals surface area contributed by atoms with Gasteiger partial charge in [-0.05, 0) is 55.3 Å². The molecule has 162 valence electrons. The average Bonchev–Trinajstić information content (AvgIpc) is 3.23. The SMILES string of the molecule is Cc1ccccc1-n1c(SCC(=O)NC(C)c2ccc(Cl)cc2)nnc1-c1cccnc1. The molecule has 0 aliphatic heterocycles. The molecule has 1 amide bonds. The molecule has 0 aliphatic carbocycles. The van der Waals surface area contributed by atoms with Crippen molar-refractivity contribution in [3.8, 4) is 17.1 Å². The van der Waals surface area contributed by atoms with Gasteiger partial charge in [-0.25, -0.2) is 0 Å². The van der Waals surface area contributed by atoms with Gasteiger partial charge in [0, 0.05) is 23.0 Å². The maximum absolute atomic E-state index is 12.6. The fourth-order valence-corrected chi connectivity index (χ4v) is 4.21. The number of nitrogens with one attached hydrogen (secondary N) is 1. The number of amides is 1. The van der Waals surface area contributed by atoms with Crippen molar-refractivity contribution in [2.75, 3.05) is 5.75 Å². The van der Waals surface area contributed by atoms with E-state index in [9.17, 15) is 4.79 Å². The first-order chi connectivity index (χ1) is 15.5. The second-order valence-corrected chi connectivity index (χ2v) is 8.68. The van der Waals surface area contributed by atoms with Gasteiger partial charge in [0.2, 0.25) is 5.91 Å². The predicted molar refractivity (Wildman–Crippen MR) is 128 cm³/mol. The highest BCUT2D eigenvalue weighted by Crippen LogP contribution is 2.29. The van der Waals surface area contributed by atoms with E-state index in [1.165, 1.54) is 11.8 Å². The number of benzene rings is 2. The Bertz CT molecular complexity index is 1210. The zero-order valence-corrected chi connectivity index (χ0v) is 19.3. The van der Waals surface area contributed by atoms with E-state index >= 15 is 0 Å². The highest BCUT2D eigenvalue weighted by molar-refractivity contribution is 7.99. The maximum atomic E-state index is 12.6. The number of rotatable bonds is 7. The van der Waals surface area contributed by atoms with Crippen LogP contribution in [-0.2, 0) is 4.79 Å². The molecule has 2 aromatic carbocycles. The van der Waals surface area contributed by atoms with Crippen LogP contribution in [0.1, 0.15) is 24.1 Å². The third-order valence-electron chi connectivity index (χ3n) is 4.99. The van der Waals surface area contributed by atoms with Crippen LogP contribution < -0.4 is 5.32 Å². The molecular weight excluding hydrogens is 442 g/mol. The van der Waals surface area contributed by atoms with Gasteiger partial charge in [-0.3, -0.25) is 14.3 Å². The van der Waals surface area contributed by atoms with Crippen LogP contribution in [-0.4, -0.2) is 31.4 Å². The van der Waals surface area contributed by atoms with Crippen molar-refractivity contribution in [1.82, 2.24) is 25.1 Å². The summed E-state index contributed by atoms with van der Waals surface area (Å²) in [5, 5.41) is 13.1. The summed E-state index contributed by atoms with van der Waals surface area (Å²) in [5.41, 5.74) is 3.90. The minimum Gasteiger partial charge on any atom is -0.349 e. The van der Waals surface area contributed by atoms with Crippen molar-refractivity contribution in [3.05, 3.63) is 89.2 Å². The summed E-state index contributed by atoms with van der Waals surface area (Å²) in [7, 11) is 0. The van der Waals surface area contributed by atoms with Crippen molar-refractivity contribution in [2.24, 2.45) is 0 Å². The molecule has 0 bridgehead atoms. The van der Waals surface area contributed by atoms with E-state index in [-0.39, 0.29) is 17.7 Å². The first-order valence-electron chi connectivity index (χ1n) is 10.1. The molecule has 0 saturated heterocycles. The first kappa shape index (κ1) is 22.0. The topological polar surface area (TPSA) is 72.7 Å². The largest absolute Gasteiger partial charge is 0.349 e. The molecule has 1 atom stereocenters. The first-order valence-corrected chi connectivity index (χ1v) is 11.5. The minimum absolute atomic E-state index is 0.0836. The van der Waals surface area contributed by atoms with E-state index in [1.54, 1.807) is 12.4 Å². The second kappa shape index (κ2) is 9.97. The van der Waals surface area contributed by atoms with Gasteiger partial charge < -0.3 is 5.32 Å². The van der Waals surface area contributed by atoms with E-state index in [0.29, 0.717) is 16.0 Å². The number of hydrogen-bond donors (Lipinski definition) is 1. The van der Waals surface area contributed by atoms with Crippen LogP contribution in [0, 0.1) is 6.92 Å². The summed E-state index contributed by atoms with van der Waals surface area (Å²) in [4.78, 5) is 16.8. The minimum atomic E-state index is -0.124. The van der Waals surface area contributed by atoms with E-state index in [1.807, 2.05) is 79.1 Å². The van der Waals surface area contributed by atoms with E-state index < -0.39 is 0 Å². The molecule has 4 rings (SSSR count). The number of hydrogen-bond acceptors (Lipinski definition) is 5. The lowest BCUT2D eigenvalue weighted by Gasteiger charge is -2.15. The number of carbonyl (C=O) groups is 1. The molecule has 2 heterocycles. The Morgan fingerprint density at radius 2 is 1.88 bits per heavy atom. The van der Waals surface area contributed by atoms with Crippen LogP contribution in [0.5, 0.6) is 0 Å². The van der Waals surface area contributed by atoms with E-state index in [4.69, 9.17) is 11.6 Å². The average molecular weight is 464 g/mol. The molecule has 6 nitrogen and oxygen atoms in total. The molecule has 0 spiro atoms. The van der Waals surface area contributed by atoms with Gasteiger partial charge in [0.15, 0.2) is 11.0 Å². The van der Waals surface area contributed by atoms with Crippen LogP contribution in [0.2, 0.25) is 5.02 Å². The molecule has 32 heavy (non-hydrogen) atoms. The second-order valence-electron chi connectivity index (χ2n) is 7.30. The molecule has 2 aromatic heterocycles. The number of thioether (sulfide) groups is 1. The molecule has 0 fully saturated rings. The van der Waals surface area contributed by atoms with Crippen LogP contribution >= 0.6 is 23.4 Å². The Hall–Kier alpha value is -3.16. The van der Waals surface area contributed by atoms with Gasteiger partial charge in [0.25, 0.3) is 0 Å². The third kappa shape index (κ3) is 5.00. The van der Waals surface area contributed by atoms with E-state index in [2.05, 4.69) is 20.5 Å². The normalized spacial score (nSPS) is 11.8. The lowest BCUT2D eigenvalue weighted by atomic mass is 10.1. The molecule has 0 saturated carbocycles. The van der Waals surface area contributed by atoms with Crippen molar-refractivity contribution in [2.45, 2.75) is 25.0 Å². The standard InChI is InChI=1S/C24H22ClN5OS/c1-16-6-3-4-8-21(16)30-23(19-7-5-13-26-14-19)28-29-24(30)32-15-22(31)27-17(2)18-9-11-20(25)12-10-18/h3-14,17H,15H2,1-2H3,(H,27,31). The molecule has 1 unspecified atom stereocenters. The van der Waals surface area contributed by atoms with Gasteiger partial charge in [0.05, 0.1) is 17.5 Å². The zero-order valence-electron chi connectivity index (χ0n) is 17.7. The number of nitrogens with zero attached hydrogens (tertiary/aromatic N) is 4. The van der Waals surface area contributed by atoms with Gasteiger partial charge in [-0.1, -0.05) is 53.7 Å². The summed E-state index contributed by atoms with van der Waals surface area (Å²) in [6.07, 6.45) is 3.48. The van der Waals surface area contributed by atoms with Crippen LogP contribution in [0.25, 0.3) is 17.1 Å². The predicted octanol–water partition coefficient (Wildman–Crippen LogP) is 5.26. The summed E-state index contributed by atoms with van der Waals surface area (Å²) in [5.74, 6) is 0.819. The molecule has 0 radical (unpaired) electrons. The molecular formula is C24H22ClN5OS. The lowest BCUT2D eigenvalue weighted by molar-refractivity contribution is -0.119. The van der Waals surface area contributed by atoms with Gasteiger partial charge in [0.1, 0.15) is 0 Å². The molecule has 1 N–H and O–H groups in total. The van der Waals surface area contributed by atoms with Crippen LogP contribution in [0.15, 0.2) is 78.2 Å². The fraction of sp³-hybridized carbons (Fsp3) is 0.167. The van der Waals surface area contributed by atoms with Crippen molar-refractivity contribution in [1.29, 1.82) is 0 Å². The van der Waals surface area contributed by atoms with Crippen molar-refractivity contribution < 1.29 is 4.79 Å². The number of carbonyl (C=O) groups excluding carboxylic acids is 1. The molecule has 8 heteroatoms. The number of halogens is 1. The monoisotopic (exact) mass is 463 g/mol. The Morgan fingerprint density at radius 1 is 1.09 bits per heavy atom.